The van der Waals surface area contributed by atoms with Crippen molar-refractivity contribution in [3.05, 3.63) is 48.6 Å². The lowest BCUT2D eigenvalue weighted by atomic mass is 10.0. The highest BCUT2D eigenvalue weighted by molar-refractivity contribution is 5.76. The van der Waals surface area contributed by atoms with Crippen LogP contribution in [0.25, 0.3) is 0 Å². The Bertz CT molecular complexity index is 1270. The number of carbonyl (C=O) groups is 2. The quantitative estimate of drug-likeness (QED) is 0.0320. The molecule has 76 heavy (non-hydrogen) atoms. The van der Waals surface area contributed by atoms with E-state index in [4.69, 9.17) is 4.74 Å². The molecule has 6 heteroatoms. The van der Waals surface area contributed by atoms with Gasteiger partial charge in [0.05, 0.1) is 25.4 Å². The molecule has 2 atom stereocenters. The van der Waals surface area contributed by atoms with Gasteiger partial charge in [0, 0.05) is 12.8 Å². The summed E-state index contributed by atoms with van der Waals surface area (Å²) in [5.41, 5.74) is 0. The van der Waals surface area contributed by atoms with Crippen molar-refractivity contribution in [2.45, 2.75) is 373 Å². The number of aliphatic hydroxyl groups is 2. The fourth-order valence-electron chi connectivity index (χ4n) is 10.4. The molecular weight excluding hydrogens is 935 g/mol. The van der Waals surface area contributed by atoms with Gasteiger partial charge in [0.15, 0.2) is 0 Å². The number of aliphatic hydroxyl groups excluding tert-OH is 2. The number of esters is 1. The van der Waals surface area contributed by atoms with Gasteiger partial charge in [-0.1, -0.05) is 313 Å². The van der Waals surface area contributed by atoms with E-state index in [1.807, 2.05) is 6.08 Å². The number of rotatable bonds is 63. The lowest BCUT2D eigenvalue weighted by Gasteiger charge is -2.20. The molecule has 1 amide bonds. The molecule has 446 valence electrons. The van der Waals surface area contributed by atoms with Crippen LogP contribution in [0.1, 0.15) is 361 Å². The van der Waals surface area contributed by atoms with Crippen LogP contribution < -0.4 is 5.32 Å². The minimum Gasteiger partial charge on any atom is -0.466 e. The van der Waals surface area contributed by atoms with E-state index in [9.17, 15) is 19.8 Å². The van der Waals surface area contributed by atoms with Crippen molar-refractivity contribution in [2.24, 2.45) is 0 Å². The number of hydrogen-bond acceptors (Lipinski definition) is 5. The number of carbonyl (C=O) groups excluding carboxylic acids is 2. The van der Waals surface area contributed by atoms with E-state index in [2.05, 4.69) is 55.6 Å². The summed E-state index contributed by atoms with van der Waals surface area (Å²) in [4.78, 5) is 24.4. The maximum Gasteiger partial charge on any atom is 0.305 e. The van der Waals surface area contributed by atoms with Crippen molar-refractivity contribution in [3.8, 4) is 0 Å². The average Bonchev–Trinajstić information content (AvgIpc) is 3.42. The molecule has 2 unspecified atom stereocenters. The average molecular weight is 1070 g/mol. The van der Waals surface area contributed by atoms with Crippen molar-refractivity contribution in [3.63, 3.8) is 0 Å². The summed E-state index contributed by atoms with van der Waals surface area (Å²) in [6.45, 7) is 4.82. The number of nitrogens with one attached hydrogen (secondary N) is 1. The minimum absolute atomic E-state index is 0.00555. The first-order valence-corrected chi connectivity index (χ1v) is 33.9. The second-order valence-electron chi connectivity index (χ2n) is 23.1. The standard InChI is InChI=1S/C70H131NO5/c1-3-5-7-9-11-13-14-40-44-48-52-56-60-64-70(75)76-65-61-57-53-49-45-42-39-37-35-33-31-29-27-25-23-21-19-17-15-16-18-20-22-24-26-28-30-32-34-36-38-41-43-47-51-55-59-63-69(74)71-67(66-72)68(73)62-58-54-50-46-12-10-8-6-4-2/h7,9,13-15,17,58,62,67-68,72-73H,3-6,8,10-12,16,18-57,59-61,63-66H2,1-2H3,(H,71,74)/b9-7-,14-13-,17-15-,62-58+. The second-order valence-corrected chi connectivity index (χ2v) is 23.1. The Morgan fingerprint density at radius 2 is 0.684 bits per heavy atom. The summed E-state index contributed by atoms with van der Waals surface area (Å²) in [5, 5.41) is 23.0. The van der Waals surface area contributed by atoms with Gasteiger partial charge in [0.2, 0.25) is 5.91 Å². The highest BCUT2D eigenvalue weighted by Crippen LogP contribution is 2.18. The van der Waals surface area contributed by atoms with Crippen LogP contribution in [0.15, 0.2) is 48.6 Å². The van der Waals surface area contributed by atoms with Crippen molar-refractivity contribution in [2.75, 3.05) is 13.2 Å². The summed E-state index contributed by atoms with van der Waals surface area (Å²) < 4.78 is 5.48. The van der Waals surface area contributed by atoms with Crippen LogP contribution in [-0.4, -0.2) is 47.4 Å². The Hall–Kier alpha value is -2.18. The molecule has 0 saturated carbocycles. The van der Waals surface area contributed by atoms with Crippen LogP contribution in [0.5, 0.6) is 0 Å². The molecule has 0 fully saturated rings. The van der Waals surface area contributed by atoms with Gasteiger partial charge in [-0.05, 0) is 83.5 Å². The first kappa shape index (κ1) is 73.8. The first-order valence-electron chi connectivity index (χ1n) is 33.9. The SMILES string of the molecule is CCC/C=C\C/C=C\CCCCCCCC(=O)OCCCCCCCCCCCCCCCCCC/C=C\CCCCCCCCCCCCCCCCCCCC(=O)NC(CO)C(O)/C=C/CCCCCCCCC. The van der Waals surface area contributed by atoms with Gasteiger partial charge < -0.3 is 20.3 Å². The van der Waals surface area contributed by atoms with E-state index in [1.54, 1.807) is 6.08 Å². The Kier molecular flexibility index (Phi) is 63.5. The van der Waals surface area contributed by atoms with Gasteiger partial charge in [-0.2, -0.15) is 0 Å². The van der Waals surface area contributed by atoms with E-state index in [0.29, 0.717) is 19.4 Å². The van der Waals surface area contributed by atoms with Gasteiger partial charge in [-0.25, -0.2) is 0 Å². The van der Waals surface area contributed by atoms with E-state index < -0.39 is 12.1 Å². The molecule has 6 nitrogen and oxygen atoms in total. The van der Waals surface area contributed by atoms with Crippen molar-refractivity contribution >= 4 is 11.9 Å². The molecule has 0 bridgehead atoms. The molecule has 0 aliphatic carbocycles. The van der Waals surface area contributed by atoms with E-state index in [0.717, 1.165) is 51.4 Å². The highest BCUT2D eigenvalue weighted by atomic mass is 16.5. The second kappa shape index (κ2) is 65.3. The van der Waals surface area contributed by atoms with Crippen LogP contribution in [0.3, 0.4) is 0 Å². The van der Waals surface area contributed by atoms with Crippen molar-refractivity contribution in [1.29, 1.82) is 0 Å². The minimum atomic E-state index is -0.839. The number of ether oxygens (including phenoxy) is 1. The molecule has 0 aliphatic heterocycles. The molecule has 0 aromatic carbocycles. The Balaban J connectivity index is 3.32. The van der Waals surface area contributed by atoms with E-state index in [-0.39, 0.29) is 18.5 Å². The predicted molar refractivity (Wildman–Crippen MR) is 333 cm³/mol. The first-order chi connectivity index (χ1) is 37.5. The third-order valence-corrected chi connectivity index (χ3v) is 15.5. The Morgan fingerprint density at radius 3 is 1.07 bits per heavy atom. The number of amides is 1. The summed E-state index contributed by atoms with van der Waals surface area (Å²) in [6, 6.07) is -0.623. The van der Waals surface area contributed by atoms with Crippen LogP contribution >= 0.6 is 0 Å². The van der Waals surface area contributed by atoms with Gasteiger partial charge >= 0.3 is 5.97 Å². The molecule has 3 N–H and O–H groups in total. The number of hydrogen-bond donors (Lipinski definition) is 3. The molecular formula is C70H131NO5. The molecule has 0 rings (SSSR count). The van der Waals surface area contributed by atoms with Crippen LogP contribution in [0.2, 0.25) is 0 Å². The fourth-order valence-corrected chi connectivity index (χ4v) is 10.4. The number of allylic oxidation sites excluding steroid dienone is 7. The Morgan fingerprint density at radius 1 is 0.368 bits per heavy atom. The smallest absolute Gasteiger partial charge is 0.305 e. The van der Waals surface area contributed by atoms with Crippen LogP contribution in [-0.2, 0) is 14.3 Å². The van der Waals surface area contributed by atoms with E-state index in [1.165, 1.54) is 283 Å². The predicted octanol–water partition coefficient (Wildman–Crippen LogP) is 21.7. The zero-order valence-electron chi connectivity index (χ0n) is 51.0. The molecule has 0 aromatic heterocycles. The summed E-state index contributed by atoms with van der Waals surface area (Å²) >= 11 is 0. The molecule has 0 saturated heterocycles. The lowest BCUT2D eigenvalue weighted by molar-refractivity contribution is -0.143. The molecule has 0 heterocycles. The van der Waals surface area contributed by atoms with Crippen LogP contribution in [0.4, 0.5) is 0 Å². The molecule has 0 aromatic rings. The fraction of sp³-hybridized carbons (Fsp3) is 0.857. The third-order valence-electron chi connectivity index (χ3n) is 15.5. The van der Waals surface area contributed by atoms with Gasteiger partial charge in [0.1, 0.15) is 0 Å². The number of unbranched alkanes of at least 4 members (excludes halogenated alkanes) is 46. The van der Waals surface area contributed by atoms with Crippen molar-refractivity contribution < 1.29 is 24.5 Å². The molecule has 0 radical (unpaired) electrons. The summed E-state index contributed by atoms with van der Waals surface area (Å²) in [5.74, 6) is -0.0604. The topological polar surface area (TPSA) is 95.9 Å². The third kappa shape index (κ3) is 61.0. The summed E-state index contributed by atoms with van der Waals surface area (Å²) in [6.07, 6.45) is 85.0. The van der Waals surface area contributed by atoms with Crippen molar-refractivity contribution in [1.82, 2.24) is 5.32 Å². The normalized spacial score (nSPS) is 12.8. The highest BCUT2D eigenvalue weighted by Gasteiger charge is 2.18. The van der Waals surface area contributed by atoms with Gasteiger partial charge in [0.25, 0.3) is 0 Å². The Labute approximate surface area is 474 Å². The van der Waals surface area contributed by atoms with Gasteiger partial charge in [-0.15, -0.1) is 0 Å². The van der Waals surface area contributed by atoms with Crippen LogP contribution in [0, 0.1) is 0 Å². The zero-order chi connectivity index (χ0) is 55.0. The lowest BCUT2D eigenvalue weighted by Crippen LogP contribution is -2.45. The largest absolute Gasteiger partial charge is 0.466 e. The van der Waals surface area contributed by atoms with Gasteiger partial charge in [-0.3, -0.25) is 9.59 Å². The zero-order valence-corrected chi connectivity index (χ0v) is 51.0. The maximum atomic E-state index is 12.4. The molecule has 0 aliphatic rings. The van der Waals surface area contributed by atoms with E-state index >= 15 is 0 Å². The summed E-state index contributed by atoms with van der Waals surface area (Å²) in [7, 11) is 0. The maximum absolute atomic E-state index is 12.4. The molecule has 0 spiro atoms. The monoisotopic (exact) mass is 1070 g/mol.